The molecule has 0 fully saturated rings. The summed E-state index contributed by atoms with van der Waals surface area (Å²) < 4.78 is 16.4. The van der Waals surface area contributed by atoms with Gasteiger partial charge in [-0.15, -0.1) is 0 Å². The predicted octanol–water partition coefficient (Wildman–Crippen LogP) is 2.09. The minimum atomic E-state index is 0.674. The van der Waals surface area contributed by atoms with Crippen LogP contribution >= 0.6 is 0 Å². The third-order valence-electron chi connectivity index (χ3n) is 2.33. The summed E-state index contributed by atoms with van der Waals surface area (Å²) in [7, 11) is 1.92. The highest BCUT2D eigenvalue weighted by Gasteiger charge is 1.96. The highest BCUT2D eigenvalue weighted by Crippen LogP contribution is 2.17. The number of rotatable bonds is 10. The van der Waals surface area contributed by atoms with Crippen molar-refractivity contribution in [3.05, 3.63) is 24.3 Å². The number of hydrogen-bond acceptors (Lipinski definition) is 4. The van der Waals surface area contributed by atoms with Crippen LogP contribution in [0, 0.1) is 0 Å². The average molecular weight is 253 g/mol. The Morgan fingerprint density at radius 3 is 2.22 bits per heavy atom. The lowest BCUT2D eigenvalue weighted by Gasteiger charge is -2.08. The number of hydrogen-bond donors (Lipinski definition) is 1. The summed E-state index contributed by atoms with van der Waals surface area (Å²) in [5.74, 6) is 1.74. The molecule has 0 saturated carbocycles. The normalized spacial score (nSPS) is 10.3. The van der Waals surface area contributed by atoms with Crippen molar-refractivity contribution in [2.45, 2.75) is 13.3 Å². The fourth-order valence-corrected chi connectivity index (χ4v) is 1.43. The van der Waals surface area contributed by atoms with Gasteiger partial charge in [0.25, 0.3) is 0 Å². The lowest BCUT2D eigenvalue weighted by Crippen LogP contribution is -2.15. The molecule has 0 amide bonds. The van der Waals surface area contributed by atoms with E-state index in [9.17, 15) is 0 Å². The Hall–Kier alpha value is -1.26. The first-order valence-corrected chi connectivity index (χ1v) is 6.44. The van der Waals surface area contributed by atoms with Gasteiger partial charge in [0.15, 0.2) is 0 Å². The van der Waals surface area contributed by atoms with Crippen molar-refractivity contribution in [2.75, 3.05) is 40.0 Å². The summed E-state index contributed by atoms with van der Waals surface area (Å²) in [4.78, 5) is 0. The van der Waals surface area contributed by atoms with E-state index in [2.05, 4.69) is 5.32 Å². The standard InChI is InChI=1S/C14H23NO3/c1-3-17-13-5-7-14(8-6-13)18-11-4-10-16-12-9-15-2/h5-8,15H,3-4,9-12H2,1-2H3. The summed E-state index contributed by atoms with van der Waals surface area (Å²) in [5, 5.41) is 3.03. The van der Waals surface area contributed by atoms with E-state index in [1.54, 1.807) is 0 Å². The molecule has 0 saturated heterocycles. The van der Waals surface area contributed by atoms with Crippen LogP contribution in [0.4, 0.5) is 0 Å². The predicted molar refractivity (Wildman–Crippen MR) is 72.5 cm³/mol. The molecule has 0 aliphatic heterocycles. The van der Waals surface area contributed by atoms with Gasteiger partial charge in [0.1, 0.15) is 11.5 Å². The Balaban J connectivity index is 2.08. The highest BCUT2D eigenvalue weighted by molar-refractivity contribution is 5.31. The van der Waals surface area contributed by atoms with E-state index in [0.717, 1.165) is 37.7 Å². The molecule has 0 radical (unpaired) electrons. The summed E-state index contributed by atoms with van der Waals surface area (Å²) in [6.45, 7) is 5.70. The van der Waals surface area contributed by atoms with Crippen molar-refractivity contribution in [2.24, 2.45) is 0 Å². The molecule has 0 unspecified atom stereocenters. The van der Waals surface area contributed by atoms with Gasteiger partial charge in [-0.1, -0.05) is 0 Å². The molecule has 4 heteroatoms. The summed E-state index contributed by atoms with van der Waals surface area (Å²) in [5.41, 5.74) is 0. The molecule has 0 heterocycles. The van der Waals surface area contributed by atoms with E-state index in [1.165, 1.54) is 0 Å². The molecule has 1 aromatic carbocycles. The van der Waals surface area contributed by atoms with Crippen molar-refractivity contribution in [1.82, 2.24) is 5.32 Å². The molecule has 1 rings (SSSR count). The van der Waals surface area contributed by atoms with Gasteiger partial charge >= 0.3 is 0 Å². The van der Waals surface area contributed by atoms with E-state index in [1.807, 2.05) is 38.2 Å². The first-order valence-electron chi connectivity index (χ1n) is 6.44. The Kier molecular flexibility index (Phi) is 8.01. The second-order valence-corrected chi connectivity index (χ2v) is 3.82. The highest BCUT2D eigenvalue weighted by atomic mass is 16.5. The van der Waals surface area contributed by atoms with Crippen molar-refractivity contribution < 1.29 is 14.2 Å². The Morgan fingerprint density at radius 2 is 1.61 bits per heavy atom. The quantitative estimate of drug-likeness (QED) is 0.648. The number of ether oxygens (including phenoxy) is 3. The number of likely N-dealkylation sites (N-methyl/N-ethyl adjacent to an activating group) is 1. The van der Waals surface area contributed by atoms with Crippen molar-refractivity contribution in [3.63, 3.8) is 0 Å². The summed E-state index contributed by atoms with van der Waals surface area (Å²) >= 11 is 0. The molecule has 102 valence electrons. The van der Waals surface area contributed by atoms with Crippen LogP contribution < -0.4 is 14.8 Å². The third-order valence-corrected chi connectivity index (χ3v) is 2.33. The SMILES string of the molecule is CCOc1ccc(OCCCOCCNC)cc1. The maximum absolute atomic E-state index is 5.59. The Morgan fingerprint density at radius 1 is 0.944 bits per heavy atom. The van der Waals surface area contributed by atoms with Crippen LogP contribution in [-0.4, -0.2) is 40.0 Å². The summed E-state index contributed by atoms with van der Waals surface area (Å²) in [6.07, 6.45) is 0.900. The minimum absolute atomic E-state index is 0.674. The molecule has 18 heavy (non-hydrogen) atoms. The largest absolute Gasteiger partial charge is 0.494 e. The van der Waals surface area contributed by atoms with Crippen molar-refractivity contribution >= 4 is 0 Å². The van der Waals surface area contributed by atoms with Gasteiger partial charge in [-0.25, -0.2) is 0 Å². The van der Waals surface area contributed by atoms with Crippen molar-refractivity contribution in [3.8, 4) is 11.5 Å². The van der Waals surface area contributed by atoms with E-state index < -0.39 is 0 Å². The van der Waals surface area contributed by atoms with Crippen LogP contribution in [0.15, 0.2) is 24.3 Å². The fourth-order valence-electron chi connectivity index (χ4n) is 1.43. The van der Waals surface area contributed by atoms with Gasteiger partial charge in [-0.2, -0.15) is 0 Å². The van der Waals surface area contributed by atoms with Crippen LogP contribution in [0.3, 0.4) is 0 Å². The fraction of sp³-hybridized carbons (Fsp3) is 0.571. The van der Waals surface area contributed by atoms with Crippen molar-refractivity contribution in [1.29, 1.82) is 0 Å². The molecule has 1 N–H and O–H groups in total. The monoisotopic (exact) mass is 253 g/mol. The van der Waals surface area contributed by atoms with Crippen LogP contribution in [0.2, 0.25) is 0 Å². The van der Waals surface area contributed by atoms with Gasteiger partial charge in [0.2, 0.25) is 0 Å². The second-order valence-electron chi connectivity index (χ2n) is 3.82. The molecule has 0 aliphatic carbocycles. The number of nitrogens with one attached hydrogen (secondary N) is 1. The topological polar surface area (TPSA) is 39.7 Å². The zero-order valence-corrected chi connectivity index (χ0v) is 11.3. The lowest BCUT2D eigenvalue weighted by atomic mass is 10.3. The maximum Gasteiger partial charge on any atom is 0.119 e. The first kappa shape index (κ1) is 14.8. The zero-order valence-electron chi connectivity index (χ0n) is 11.3. The first-order chi connectivity index (χ1) is 8.86. The molecule has 4 nitrogen and oxygen atoms in total. The molecular weight excluding hydrogens is 230 g/mol. The average Bonchev–Trinajstić information content (AvgIpc) is 2.40. The molecule has 1 aromatic rings. The van der Waals surface area contributed by atoms with E-state index >= 15 is 0 Å². The second kappa shape index (κ2) is 9.74. The molecule has 0 atom stereocenters. The van der Waals surface area contributed by atoms with Gasteiger partial charge in [-0.3, -0.25) is 0 Å². The molecule has 0 bridgehead atoms. The van der Waals surface area contributed by atoms with Gasteiger partial charge < -0.3 is 19.5 Å². The van der Waals surface area contributed by atoms with Crippen LogP contribution in [0.1, 0.15) is 13.3 Å². The van der Waals surface area contributed by atoms with E-state index in [0.29, 0.717) is 13.2 Å². The third kappa shape index (κ3) is 6.47. The minimum Gasteiger partial charge on any atom is -0.494 e. The number of benzene rings is 1. The van der Waals surface area contributed by atoms with Crippen LogP contribution in [-0.2, 0) is 4.74 Å². The van der Waals surface area contributed by atoms with Gasteiger partial charge in [-0.05, 0) is 38.2 Å². The van der Waals surface area contributed by atoms with E-state index in [-0.39, 0.29) is 0 Å². The zero-order chi connectivity index (χ0) is 13.1. The smallest absolute Gasteiger partial charge is 0.119 e. The summed E-state index contributed by atoms with van der Waals surface area (Å²) in [6, 6.07) is 7.68. The lowest BCUT2D eigenvalue weighted by molar-refractivity contribution is 0.122. The Labute approximate surface area is 109 Å². The molecular formula is C14H23NO3. The van der Waals surface area contributed by atoms with Crippen LogP contribution in [0.5, 0.6) is 11.5 Å². The maximum atomic E-state index is 5.59. The molecule has 0 spiro atoms. The van der Waals surface area contributed by atoms with Crippen LogP contribution in [0.25, 0.3) is 0 Å². The van der Waals surface area contributed by atoms with E-state index in [4.69, 9.17) is 14.2 Å². The van der Waals surface area contributed by atoms with Gasteiger partial charge in [0, 0.05) is 19.6 Å². The molecule has 0 aliphatic rings. The van der Waals surface area contributed by atoms with Gasteiger partial charge in [0.05, 0.1) is 19.8 Å². The Bertz CT molecular complexity index is 300. The molecule has 0 aromatic heterocycles.